The molecule has 0 bridgehead atoms. The van der Waals surface area contributed by atoms with Crippen LogP contribution in [-0.4, -0.2) is 19.9 Å². The maximum Gasteiger partial charge on any atom is 0.289 e. The Labute approximate surface area is 143 Å². The van der Waals surface area contributed by atoms with Gasteiger partial charge in [0.1, 0.15) is 5.02 Å². The van der Waals surface area contributed by atoms with Crippen LogP contribution in [0.3, 0.4) is 0 Å². The average molecular weight is 375 g/mol. The van der Waals surface area contributed by atoms with Crippen LogP contribution in [0.1, 0.15) is 5.56 Å². The lowest BCUT2D eigenvalue weighted by Crippen LogP contribution is -2.26. The minimum atomic E-state index is -3.86. The molecule has 0 radical (unpaired) electrons. The van der Waals surface area contributed by atoms with Crippen molar-refractivity contribution in [2.75, 3.05) is 6.54 Å². The molecule has 2 aromatic carbocycles. The van der Waals surface area contributed by atoms with E-state index in [0.29, 0.717) is 11.4 Å². The third-order valence-corrected chi connectivity index (χ3v) is 5.03. The predicted octanol–water partition coefficient (Wildman–Crippen LogP) is 3.42. The first kappa shape index (κ1) is 17.7. The molecule has 9 heteroatoms. The molecule has 0 spiro atoms. The van der Waals surface area contributed by atoms with E-state index in [2.05, 4.69) is 4.72 Å². The van der Waals surface area contributed by atoms with Crippen molar-refractivity contribution >= 4 is 38.9 Å². The van der Waals surface area contributed by atoms with Crippen LogP contribution in [-0.2, 0) is 16.4 Å². The molecule has 0 amide bonds. The Balaban J connectivity index is 2.10. The fourth-order valence-corrected chi connectivity index (χ4v) is 3.36. The summed E-state index contributed by atoms with van der Waals surface area (Å²) < 4.78 is 26.7. The molecule has 122 valence electrons. The molecule has 0 saturated carbocycles. The van der Waals surface area contributed by atoms with Crippen molar-refractivity contribution in [1.82, 2.24) is 4.72 Å². The molecule has 2 aromatic rings. The summed E-state index contributed by atoms with van der Waals surface area (Å²) >= 11 is 11.5. The number of sulfonamides is 1. The maximum absolute atomic E-state index is 12.2. The summed E-state index contributed by atoms with van der Waals surface area (Å²) in [6.45, 7) is 0.138. The molecule has 0 heterocycles. The molecule has 1 N–H and O–H groups in total. The van der Waals surface area contributed by atoms with Crippen molar-refractivity contribution < 1.29 is 13.3 Å². The van der Waals surface area contributed by atoms with Gasteiger partial charge >= 0.3 is 0 Å². The second-order valence-electron chi connectivity index (χ2n) is 4.65. The van der Waals surface area contributed by atoms with Gasteiger partial charge in [-0.3, -0.25) is 10.1 Å². The number of halogens is 2. The Morgan fingerprint density at radius 2 is 1.87 bits per heavy atom. The second kappa shape index (κ2) is 7.27. The van der Waals surface area contributed by atoms with Gasteiger partial charge in [0.25, 0.3) is 5.69 Å². The fourth-order valence-electron chi connectivity index (χ4n) is 1.91. The predicted molar refractivity (Wildman–Crippen MR) is 88.5 cm³/mol. The lowest BCUT2D eigenvalue weighted by molar-refractivity contribution is -0.384. The van der Waals surface area contributed by atoms with E-state index < -0.39 is 20.6 Å². The minimum absolute atomic E-state index is 0.118. The molecule has 6 nitrogen and oxygen atoms in total. The van der Waals surface area contributed by atoms with Crippen LogP contribution in [0.4, 0.5) is 5.69 Å². The molecule has 0 atom stereocenters. The van der Waals surface area contributed by atoms with E-state index >= 15 is 0 Å². The third kappa shape index (κ3) is 4.65. The van der Waals surface area contributed by atoms with Crippen molar-refractivity contribution in [1.29, 1.82) is 0 Å². The largest absolute Gasteiger partial charge is 0.289 e. The highest BCUT2D eigenvalue weighted by molar-refractivity contribution is 7.89. The Bertz CT molecular complexity index is 840. The first-order chi connectivity index (χ1) is 10.8. The highest BCUT2D eigenvalue weighted by atomic mass is 35.5. The molecule has 2 rings (SSSR count). The minimum Gasteiger partial charge on any atom is -0.258 e. The zero-order valence-corrected chi connectivity index (χ0v) is 14.0. The van der Waals surface area contributed by atoms with Crippen LogP contribution < -0.4 is 4.72 Å². The number of hydrogen-bond donors (Lipinski definition) is 1. The summed E-state index contributed by atoms with van der Waals surface area (Å²) in [5.41, 5.74) is 0.423. The van der Waals surface area contributed by atoms with Crippen molar-refractivity contribution in [2.45, 2.75) is 11.3 Å². The summed E-state index contributed by atoms with van der Waals surface area (Å²) in [7, 11) is -3.86. The molecule has 0 aliphatic carbocycles. The van der Waals surface area contributed by atoms with Crippen LogP contribution in [0.5, 0.6) is 0 Å². The molecule has 0 aliphatic heterocycles. The van der Waals surface area contributed by atoms with Gasteiger partial charge in [0, 0.05) is 17.6 Å². The number of rotatable bonds is 6. The van der Waals surface area contributed by atoms with Crippen LogP contribution in [0.2, 0.25) is 10.0 Å². The summed E-state index contributed by atoms with van der Waals surface area (Å²) in [5, 5.41) is 11.3. The second-order valence-corrected chi connectivity index (χ2v) is 7.26. The van der Waals surface area contributed by atoms with Crippen LogP contribution in [0.25, 0.3) is 0 Å². The average Bonchev–Trinajstić information content (AvgIpc) is 2.47. The Kier molecular flexibility index (Phi) is 5.59. The van der Waals surface area contributed by atoms with E-state index in [0.717, 1.165) is 11.6 Å². The van der Waals surface area contributed by atoms with Crippen molar-refractivity contribution in [3.05, 3.63) is 68.2 Å². The van der Waals surface area contributed by atoms with Crippen LogP contribution >= 0.6 is 23.2 Å². The fraction of sp³-hybridized carbons (Fsp3) is 0.143. The van der Waals surface area contributed by atoms with Gasteiger partial charge in [-0.1, -0.05) is 35.3 Å². The molecule has 0 aliphatic rings. The highest BCUT2D eigenvalue weighted by Gasteiger charge is 2.20. The number of nitrogens with one attached hydrogen (secondary N) is 1. The third-order valence-electron chi connectivity index (χ3n) is 3.02. The van der Waals surface area contributed by atoms with Crippen molar-refractivity contribution in [3.63, 3.8) is 0 Å². The van der Waals surface area contributed by atoms with E-state index in [9.17, 15) is 18.5 Å². The number of nitrogens with zero attached hydrogens (tertiary/aromatic N) is 1. The van der Waals surface area contributed by atoms with Gasteiger partial charge in [-0.25, -0.2) is 13.1 Å². The van der Waals surface area contributed by atoms with Gasteiger partial charge in [0.05, 0.1) is 9.82 Å². The molecular formula is C14H12Cl2N2O4S. The number of nitro benzene ring substituents is 1. The van der Waals surface area contributed by atoms with Crippen molar-refractivity contribution in [2.24, 2.45) is 0 Å². The highest BCUT2D eigenvalue weighted by Crippen LogP contribution is 2.26. The van der Waals surface area contributed by atoms with E-state index in [1.807, 2.05) is 6.07 Å². The first-order valence-corrected chi connectivity index (χ1v) is 8.71. The SMILES string of the molecule is O=[N+]([O-])c1cc(S(=O)(=O)NCCc2cccc(Cl)c2)ccc1Cl. The van der Waals surface area contributed by atoms with Crippen LogP contribution in [0, 0.1) is 10.1 Å². The Morgan fingerprint density at radius 1 is 1.13 bits per heavy atom. The van der Waals surface area contributed by atoms with Gasteiger partial charge in [0.2, 0.25) is 10.0 Å². The normalized spacial score (nSPS) is 11.4. The van der Waals surface area contributed by atoms with Gasteiger partial charge in [0.15, 0.2) is 0 Å². The van der Waals surface area contributed by atoms with E-state index in [1.54, 1.807) is 18.2 Å². The molecule has 0 unspecified atom stereocenters. The summed E-state index contributed by atoms with van der Waals surface area (Å²) in [6, 6.07) is 10.4. The lowest BCUT2D eigenvalue weighted by Gasteiger charge is -2.07. The number of nitro groups is 1. The smallest absolute Gasteiger partial charge is 0.258 e. The Morgan fingerprint density at radius 3 is 2.52 bits per heavy atom. The topological polar surface area (TPSA) is 89.3 Å². The summed E-state index contributed by atoms with van der Waals surface area (Å²) in [5.74, 6) is 0. The van der Waals surface area contributed by atoms with Crippen molar-refractivity contribution in [3.8, 4) is 0 Å². The monoisotopic (exact) mass is 374 g/mol. The van der Waals surface area contributed by atoms with Gasteiger partial charge in [-0.2, -0.15) is 0 Å². The first-order valence-electron chi connectivity index (χ1n) is 6.47. The molecule has 23 heavy (non-hydrogen) atoms. The van der Waals surface area contributed by atoms with Gasteiger partial charge < -0.3 is 0 Å². The molecule has 0 aromatic heterocycles. The summed E-state index contributed by atoms with van der Waals surface area (Å²) in [4.78, 5) is 9.89. The molecule has 0 saturated heterocycles. The van der Waals surface area contributed by atoms with E-state index in [-0.39, 0.29) is 16.5 Å². The molecular weight excluding hydrogens is 363 g/mol. The summed E-state index contributed by atoms with van der Waals surface area (Å²) in [6.07, 6.45) is 0.440. The number of hydrogen-bond acceptors (Lipinski definition) is 4. The molecule has 0 fully saturated rings. The standard InChI is InChI=1S/C14H12Cl2N2O4S/c15-11-3-1-2-10(8-11)6-7-17-23(21,22)12-4-5-13(16)14(9-12)18(19)20/h1-5,8-9,17H,6-7H2. The Hall–Kier alpha value is -1.67. The zero-order valence-electron chi connectivity index (χ0n) is 11.7. The van der Waals surface area contributed by atoms with E-state index in [4.69, 9.17) is 23.2 Å². The van der Waals surface area contributed by atoms with Crippen LogP contribution in [0.15, 0.2) is 47.4 Å². The zero-order chi connectivity index (χ0) is 17.0. The van der Waals surface area contributed by atoms with Gasteiger partial charge in [-0.15, -0.1) is 0 Å². The van der Waals surface area contributed by atoms with E-state index in [1.165, 1.54) is 12.1 Å². The lowest BCUT2D eigenvalue weighted by atomic mass is 10.2. The van der Waals surface area contributed by atoms with Gasteiger partial charge in [-0.05, 0) is 36.2 Å². The number of benzene rings is 2. The maximum atomic E-state index is 12.2. The quantitative estimate of drug-likeness (QED) is 0.619.